The van der Waals surface area contributed by atoms with Crippen molar-refractivity contribution in [3.8, 4) is 11.5 Å². The van der Waals surface area contributed by atoms with Crippen LogP contribution < -0.4 is 19.8 Å². The van der Waals surface area contributed by atoms with Gasteiger partial charge in [-0.2, -0.15) is 10.1 Å². The van der Waals surface area contributed by atoms with Gasteiger partial charge in [-0.25, -0.2) is 4.39 Å². The molecule has 1 aliphatic heterocycles. The highest BCUT2D eigenvalue weighted by molar-refractivity contribution is 9.10. The van der Waals surface area contributed by atoms with Crippen molar-refractivity contribution in [1.82, 2.24) is 0 Å². The number of nitrogens with one attached hydrogen (secondary N) is 1. The molecule has 7 nitrogen and oxygen atoms in total. The number of hydrazone groups is 1. The molecule has 0 fully saturated rings. The highest BCUT2D eigenvalue weighted by atomic mass is 79.9. The molecule has 0 radical (unpaired) electrons. The first kappa shape index (κ1) is 24.2. The Balaban J connectivity index is 1.50. The molecule has 0 atom stereocenters. The van der Waals surface area contributed by atoms with Crippen molar-refractivity contribution >= 4 is 50.9 Å². The van der Waals surface area contributed by atoms with Crippen LogP contribution in [0.5, 0.6) is 11.5 Å². The predicted octanol–water partition coefficient (Wildman–Crippen LogP) is 5.42. The van der Waals surface area contributed by atoms with E-state index in [4.69, 9.17) is 9.47 Å². The van der Waals surface area contributed by atoms with Gasteiger partial charge in [0.25, 0.3) is 11.8 Å². The number of amides is 2. The topological polar surface area (TPSA) is 80.2 Å². The molecular formula is C26H21BrFN3O4. The second kappa shape index (κ2) is 10.5. The first-order chi connectivity index (χ1) is 16.9. The number of anilines is 2. The van der Waals surface area contributed by atoms with Gasteiger partial charge in [0, 0.05) is 10.2 Å². The second-order valence-electron chi connectivity index (χ2n) is 7.56. The summed E-state index contributed by atoms with van der Waals surface area (Å²) in [7, 11) is 1.48. The van der Waals surface area contributed by atoms with Crippen LogP contribution in [0.2, 0.25) is 0 Å². The van der Waals surface area contributed by atoms with Crippen LogP contribution in [0.4, 0.5) is 15.8 Å². The van der Waals surface area contributed by atoms with Crippen molar-refractivity contribution in [2.24, 2.45) is 5.10 Å². The van der Waals surface area contributed by atoms with E-state index in [1.54, 1.807) is 25.1 Å². The van der Waals surface area contributed by atoms with Gasteiger partial charge in [0.2, 0.25) is 0 Å². The fraction of sp³-hybridized carbons (Fsp3) is 0.115. The molecule has 2 amide bonds. The first-order valence-electron chi connectivity index (χ1n) is 10.6. The molecule has 4 rings (SSSR count). The van der Waals surface area contributed by atoms with E-state index >= 15 is 0 Å². The van der Waals surface area contributed by atoms with Gasteiger partial charge < -0.3 is 14.8 Å². The lowest BCUT2D eigenvalue weighted by molar-refractivity contribution is -0.118. The summed E-state index contributed by atoms with van der Waals surface area (Å²) in [6.45, 7) is 1.49. The molecule has 3 aromatic carbocycles. The summed E-state index contributed by atoms with van der Waals surface area (Å²) in [5.74, 6) is -0.320. The molecule has 1 aliphatic rings. The van der Waals surface area contributed by atoms with E-state index in [1.165, 1.54) is 36.4 Å². The zero-order valence-electron chi connectivity index (χ0n) is 18.9. The molecule has 3 aromatic rings. The summed E-state index contributed by atoms with van der Waals surface area (Å²) in [6, 6.07) is 18.0. The second-order valence-corrected chi connectivity index (χ2v) is 8.42. The fourth-order valence-electron chi connectivity index (χ4n) is 3.39. The SMILES string of the molecule is COc1cc(/C=C2/C(=O)N(c3ccccc3)N=C2C)c(Br)cc1OCC(=O)Nc1ccc(F)cc1. The molecule has 0 saturated heterocycles. The highest BCUT2D eigenvalue weighted by Crippen LogP contribution is 2.35. The summed E-state index contributed by atoms with van der Waals surface area (Å²) in [6.07, 6.45) is 1.72. The lowest BCUT2D eigenvalue weighted by Crippen LogP contribution is -2.21. The van der Waals surface area contributed by atoms with E-state index in [1.807, 2.05) is 30.3 Å². The fourth-order valence-corrected chi connectivity index (χ4v) is 3.83. The minimum absolute atomic E-state index is 0.239. The molecule has 1 heterocycles. The molecule has 9 heteroatoms. The van der Waals surface area contributed by atoms with Gasteiger partial charge >= 0.3 is 0 Å². The number of halogens is 2. The van der Waals surface area contributed by atoms with E-state index in [0.717, 1.165) is 0 Å². The van der Waals surface area contributed by atoms with Crippen molar-refractivity contribution in [3.63, 3.8) is 0 Å². The molecule has 0 unspecified atom stereocenters. The average molecular weight is 538 g/mol. The maximum Gasteiger partial charge on any atom is 0.280 e. The number of hydrogen-bond acceptors (Lipinski definition) is 5. The molecule has 0 saturated carbocycles. The summed E-state index contributed by atoms with van der Waals surface area (Å²) < 4.78 is 24.8. The van der Waals surface area contributed by atoms with Crippen LogP contribution in [0.15, 0.2) is 81.9 Å². The Bertz CT molecular complexity index is 1320. The number of carbonyl (C=O) groups is 2. The first-order valence-corrected chi connectivity index (χ1v) is 11.4. The van der Waals surface area contributed by atoms with E-state index in [-0.39, 0.29) is 12.5 Å². The van der Waals surface area contributed by atoms with Crippen molar-refractivity contribution in [2.45, 2.75) is 6.92 Å². The normalized spacial score (nSPS) is 14.2. The number of methoxy groups -OCH3 is 1. The van der Waals surface area contributed by atoms with Crippen LogP contribution in [0, 0.1) is 5.82 Å². The third kappa shape index (κ3) is 5.58. The minimum atomic E-state index is -0.412. The summed E-state index contributed by atoms with van der Waals surface area (Å²) in [4.78, 5) is 25.2. The van der Waals surface area contributed by atoms with Crippen LogP contribution >= 0.6 is 15.9 Å². The van der Waals surface area contributed by atoms with E-state index in [0.29, 0.717) is 44.2 Å². The summed E-state index contributed by atoms with van der Waals surface area (Å²) in [5.41, 5.74) is 2.85. The lowest BCUT2D eigenvalue weighted by Gasteiger charge is -2.13. The number of hydrogen-bond donors (Lipinski definition) is 1. The molecule has 178 valence electrons. The maximum absolute atomic E-state index is 13.0. The van der Waals surface area contributed by atoms with Gasteiger partial charge in [0.1, 0.15) is 5.82 Å². The maximum atomic E-state index is 13.0. The molecule has 0 bridgehead atoms. The zero-order valence-corrected chi connectivity index (χ0v) is 20.5. The molecular weight excluding hydrogens is 517 g/mol. The van der Waals surface area contributed by atoms with Gasteiger partial charge in [-0.1, -0.05) is 34.1 Å². The third-order valence-corrected chi connectivity index (χ3v) is 5.82. The molecule has 0 aromatic heterocycles. The predicted molar refractivity (Wildman–Crippen MR) is 136 cm³/mol. The average Bonchev–Trinajstić information content (AvgIpc) is 3.14. The monoisotopic (exact) mass is 537 g/mol. The van der Waals surface area contributed by atoms with Crippen molar-refractivity contribution in [3.05, 3.63) is 88.2 Å². The Kier molecular flexibility index (Phi) is 7.26. The van der Waals surface area contributed by atoms with E-state index in [9.17, 15) is 14.0 Å². The van der Waals surface area contributed by atoms with Gasteiger partial charge in [-0.3, -0.25) is 9.59 Å². The van der Waals surface area contributed by atoms with Crippen molar-refractivity contribution in [2.75, 3.05) is 24.0 Å². The van der Waals surface area contributed by atoms with Gasteiger partial charge in [0.15, 0.2) is 18.1 Å². The highest BCUT2D eigenvalue weighted by Gasteiger charge is 2.29. The Hall–Kier alpha value is -3.98. The molecule has 1 N–H and O–H groups in total. The minimum Gasteiger partial charge on any atom is -0.493 e. The summed E-state index contributed by atoms with van der Waals surface area (Å²) in [5, 5.41) is 8.39. The molecule has 35 heavy (non-hydrogen) atoms. The van der Waals surface area contributed by atoms with Crippen LogP contribution in [0.1, 0.15) is 12.5 Å². The number of nitrogens with zero attached hydrogens (tertiary/aromatic N) is 2. The van der Waals surface area contributed by atoms with Crippen molar-refractivity contribution in [1.29, 1.82) is 0 Å². The van der Waals surface area contributed by atoms with Crippen molar-refractivity contribution < 1.29 is 23.5 Å². The van der Waals surface area contributed by atoms with Gasteiger partial charge in [-0.15, -0.1) is 0 Å². The largest absolute Gasteiger partial charge is 0.493 e. The van der Waals surface area contributed by atoms with E-state index in [2.05, 4.69) is 26.3 Å². The van der Waals surface area contributed by atoms with Crippen LogP contribution in [-0.4, -0.2) is 31.2 Å². The smallest absolute Gasteiger partial charge is 0.280 e. The third-order valence-electron chi connectivity index (χ3n) is 5.13. The quantitative estimate of drug-likeness (QED) is 0.408. The number of rotatable bonds is 7. The number of ether oxygens (including phenoxy) is 2. The van der Waals surface area contributed by atoms with Gasteiger partial charge in [-0.05, 0) is 67.1 Å². The molecule has 0 aliphatic carbocycles. The number of carbonyl (C=O) groups excluding carboxylic acids is 2. The Morgan fingerprint density at radius 3 is 2.51 bits per heavy atom. The number of para-hydroxylation sites is 1. The molecule has 0 spiro atoms. The standard InChI is InChI=1S/C26H21BrFN3O4/c1-16-21(26(33)31(30-16)20-6-4-3-5-7-20)12-17-13-23(34-2)24(14-22(17)27)35-15-25(32)29-19-10-8-18(28)9-11-19/h3-14H,15H2,1-2H3,(H,29,32)/b21-12+. The number of benzene rings is 3. The Labute approximate surface area is 210 Å². The van der Waals surface area contributed by atoms with Crippen LogP contribution in [0.3, 0.4) is 0 Å². The zero-order chi connectivity index (χ0) is 24.9. The Morgan fingerprint density at radius 1 is 1.11 bits per heavy atom. The van der Waals surface area contributed by atoms with Crippen LogP contribution in [-0.2, 0) is 9.59 Å². The van der Waals surface area contributed by atoms with Crippen LogP contribution in [0.25, 0.3) is 6.08 Å². The van der Waals surface area contributed by atoms with E-state index < -0.39 is 11.7 Å². The Morgan fingerprint density at radius 2 is 1.83 bits per heavy atom. The van der Waals surface area contributed by atoms with Gasteiger partial charge in [0.05, 0.1) is 24.1 Å². The summed E-state index contributed by atoms with van der Waals surface area (Å²) >= 11 is 3.50. The lowest BCUT2D eigenvalue weighted by atomic mass is 10.1.